The SMILES string of the molecule is CCCC(C)n1/c(=C/C=C2\CCC(/C=C/C3=[N+](C(C)CCC)c4ccc(SC)c5cccc3c45)=C2S(=O)(=O)C(F)(F)F)c2cccc3c(SC)ccc1c32.[I-]. The molecule has 0 amide bonds. The molecule has 2 heterocycles. The predicted octanol–water partition coefficient (Wildman–Crippen LogP) is 9.06. The Bertz CT molecular complexity index is 2600. The zero-order valence-corrected chi connectivity index (χ0v) is 36.5. The van der Waals surface area contributed by atoms with Gasteiger partial charge in [0, 0.05) is 55.9 Å². The maximum absolute atomic E-state index is 14.5. The van der Waals surface area contributed by atoms with Crippen LogP contribution in [-0.4, -0.2) is 47.3 Å². The van der Waals surface area contributed by atoms with Crippen LogP contribution in [0.2, 0.25) is 0 Å². The third-order valence-corrected chi connectivity index (χ3v) is 14.2. The van der Waals surface area contributed by atoms with Gasteiger partial charge in [0.05, 0.1) is 21.4 Å². The minimum absolute atomic E-state index is 0. The molecule has 1 aromatic heterocycles. The van der Waals surface area contributed by atoms with Crippen LogP contribution in [0.1, 0.15) is 77.8 Å². The molecule has 4 nitrogen and oxygen atoms in total. The first-order chi connectivity index (χ1) is 25.9. The molecule has 1 aliphatic carbocycles. The minimum Gasteiger partial charge on any atom is -1.00 e. The highest BCUT2D eigenvalue weighted by atomic mass is 127. The van der Waals surface area contributed by atoms with Crippen LogP contribution in [0.3, 0.4) is 0 Å². The zero-order valence-electron chi connectivity index (χ0n) is 31.9. The molecule has 0 radical (unpaired) electrons. The van der Waals surface area contributed by atoms with Crippen LogP contribution >= 0.6 is 23.5 Å². The number of aromatic nitrogens is 1. The molecule has 0 spiro atoms. The minimum atomic E-state index is -5.66. The molecule has 290 valence electrons. The summed E-state index contributed by atoms with van der Waals surface area (Å²) in [4.78, 5) is 1.68. The smallest absolute Gasteiger partial charge is 0.501 e. The van der Waals surface area contributed by atoms with Gasteiger partial charge in [-0.2, -0.15) is 17.7 Å². The molecule has 0 fully saturated rings. The zero-order chi connectivity index (χ0) is 38.5. The fourth-order valence-corrected chi connectivity index (χ4v) is 11.1. The van der Waals surface area contributed by atoms with Crippen molar-refractivity contribution >= 4 is 83.3 Å². The van der Waals surface area contributed by atoms with Crippen molar-refractivity contribution in [3.63, 3.8) is 0 Å². The second-order valence-electron chi connectivity index (χ2n) is 14.3. The third-order valence-electron chi connectivity index (χ3n) is 11.0. The molecular weight excluding hydrogens is 869 g/mol. The molecule has 2 atom stereocenters. The van der Waals surface area contributed by atoms with Gasteiger partial charge in [0.1, 0.15) is 0 Å². The number of benzene rings is 4. The lowest BCUT2D eigenvalue weighted by molar-refractivity contribution is -0.476. The van der Waals surface area contributed by atoms with Crippen LogP contribution in [0.4, 0.5) is 18.9 Å². The Kier molecular flexibility index (Phi) is 12.5. The van der Waals surface area contributed by atoms with E-state index in [1.807, 2.05) is 36.8 Å². The number of allylic oxidation sites excluding steroid dienone is 5. The van der Waals surface area contributed by atoms with Gasteiger partial charge in [-0.25, -0.2) is 8.42 Å². The summed E-state index contributed by atoms with van der Waals surface area (Å²) < 4.78 is 75.0. The Morgan fingerprint density at radius 3 is 2.11 bits per heavy atom. The summed E-state index contributed by atoms with van der Waals surface area (Å²) >= 11 is 3.35. The van der Waals surface area contributed by atoms with Gasteiger partial charge in [0.25, 0.3) is 9.84 Å². The van der Waals surface area contributed by atoms with Crippen LogP contribution in [0.15, 0.2) is 105 Å². The molecule has 0 N–H and O–H groups in total. The first-order valence-corrected chi connectivity index (χ1v) is 22.6. The molecule has 4 aromatic carbocycles. The second kappa shape index (κ2) is 16.5. The lowest BCUT2D eigenvalue weighted by Crippen LogP contribution is -3.00. The quantitative estimate of drug-likeness (QED) is 0.0713. The molecule has 0 bridgehead atoms. The Morgan fingerprint density at radius 1 is 0.818 bits per heavy atom. The Balaban J connectivity index is 0.00000514. The molecular formula is C44H46F3IN2O2S3. The average molecular weight is 915 g/mol. The van der Waals surface area contributed by atoms with Gasteiger partial charge < -0.3 is 28.5 Å². The summed E-state index contributed by atoms with van der Waals surface area (Å²) in [5.41, 5.74) is -1.09. The molecule has 7 rings (SSSR count). The van der Waals surface area contributed by atoms with E-state index in [2.05, 4.69) is 85.4 Å². The van der Waals surface area contributed by atoms with E-state index in [0.717, 1.165) is 90.2 Å². The largest absolute Gasteiger partial charge is 1.00 e. The van der Waals surface area contributed by atoms with E-state index in [9.17, 15) is 21.6 Å². The third kappa shape index (κ3) is 7.14. The fourth-order valence-electron chi connectivity index (χ4n) is 8.65. The molecule has 2 unspecified atom stereocenters. The molecule has 2 aliphatic rings. The second-order valence-corrected chi connectivity index (χ2v) is 17.9. The molecule has 1 aliphatic heterocycles. The van der Waals surface area contributed by atoms with E-state index in [0.29, 0.717) is 0 Å². The van der Waals surface area contributed by atoms with Crippen LogP contribution in [0.5, 0.6) is 0 Å². The van der Waals surface area contributed by atoms with E-state index in [1.54, 1.807) is 35.7 Å². The number of rotatable bonds is 12. The summed E-state index contributed by atoms with van der Waals surface area (Å²) in [6, 6.07) is 21.1. The monoisotopic (exact) mass is 914 g/mol. The van der Waals surface area contributed by atoms with Crippen molar-refractivity contribution in [2.75, 3.05) is 12.5 Å². The number of thioether (sulfide) groups is 2. The van der Waals surface area contributed by atoms with Gasteiger partial charge in [-0.1, -0.05) is 62.8 Å². The summed E-state index contributed by atoms with van der Waals surface area (Å²) in [7, 11) is -5.66. The first kappa shape index (κ1) is 41.6. The predicted molar refractivity (Wildman–Crippen MR) is 223 cm³/mol. The van der Waals surface area contributed by atoms with Crippen molar-refractivity contribution in [1.29, 1.82) is 0 Å². The highest BCUT2D eigenvalue weighted by Gasteiger charge is 2.51. The van der Waals surface area contributed by atoms with Crippen molar-refractivity contribution in [2.45, 2.75) is 93.6 Å². The molecule has 11 heteroatoms. The van der Waals surface area contributed by atoms with Crippen molar-refractivity contribution in [3.05, 3.63) is 106 Å². The van der Waals surface area contributed by atoms with Gasteiger partial charge in [0.15, 0.2) is 6.04 Å². The molecule has 0 saturated heterocycles. The lowest BCUT2D eigenvalue weighted by Gasteiger charge is -2.16. The number of hydrogen-bond acceptors (Lipinski definition) is 4. The normalized spacial score (nSPS) is 17.3. The van der Waals surface area contributed by atoms with E-state index < -0.39 is 20.3 Å². The van der Waals surface area contributed by atoms with Gasteiger partial charge >= 0.3 is 5.51 Å². The van der Waals surface area contributed by atoms with Crippen molar-refractivity contribution < 1.29 is 50.1 Å². The number of nitrogens with zero attached hydrogens (tertiary/aromatic N) is 2. The number of alkyl halides is 3. The number of halogens is 4. The molecule has 5 aromatic rings. The lowest BCUT2D eigenvalue weighted by atomic mass is 10.0. The van der Waals surface area contributed by atoms with Crippen LogP contribution in [0.25, 0.3) is 38.5 Å². The maximum Gasteiger partial charge on any atom is 0.501 e. The Morgan fingerprint density at radius 2 is 1.45 bits per heavy atom. The summed E-state index contributed by atoms with van der Waals surface area (Å²) in [5.74, 6) is 0. The van der Waals surface area contributed by atoms with E-state index in [-0.39, 0.29) is 60.0 Å². The van der Waals surface area contributed by atoms with Crippen LogP contribution in [-0.2, 0) is 9.84 Å². The molecule has 0 saturated carbocycles. The standard InChI is InChI=1S/C44H46F3N2O2S3.HI/c1-7-11-27(3)48-35(31-13-9-15-33-39(52-5)25-23-37(48)41(31)33)21-19-29-17-18-30(43(29)54(50,51)44(45,46)47)20-22-36-32-14-10-16-34-40(53-6)26-24-38(42(32)34)49(36)28(4)12-8-2;/h9-10,13-16,19-28H,7-8,11-12,17-18H2,1-6H3;1H/q+1;/p-1. The molecule has 55 heavy (non-hydrogen) atoms. The maximum atomic E-state index is 14.5. The summed E-state index contributed by atoms with van der Waals surface area (Å²) in [6.07, 6.45) is 15.2. The van der Waals surface area contributed by atoms with Crippen LogP contribution < -0.4 is 29.3 Å². The van der Waals surface area contributed by atoms with Crippen molar-refractivity contribution in [2.24, 2.45) is 0 Å². The van der Waals surface area contributed by atoms with Gasteiger partial charge in [0.2, 0.25) is 11.4 Å². The Labute approximate surface area is 347 Å². The van der Waals surface area contributed by atoms with E-state index in [4.69, 9.17) is 0 Å². The van der Waals surface area contributed by atoms with Crippen molar-refractivity contribution in [3.8, 4) is 0 Å². The Hall–Kier alpha value is -3.00. The van der Waals surface area contributed by atoms with E-state index >= 15 is 0 Å². The van der Waals surface area contributed by atoms with Crippen LogP contribution in [0, 0.1) is 0 Å². The van der Waals surface area contributed by atoms with Crippen molar-refractivity contribution in [1.82, 2.24) is 4.57 Å². The van der Waals surface area contributed by atoms with Gasteiger partial charge in [-0.15, -0.1) is 23.5 Å². The fraction of sp³-hybridized carbons (Fsp3) is 0.341. The first-order valence-electron chi connectivity index (χ1n) is 18.7. The van der Waals surface area contributed by atoms with Gasteiger partial charge in [-0.05, 0) is 98.9 Å². The number of sulfone groups is 1. The highest BCUT2D eigenvalue weighted by Crippen LogP contribution is 2.44. The van der Waals surface area contributed by atoms with Gasteiger partial charge in [-0.3, -0.25) is 0 Å². The summed E-state index contributed by atoms with van der Waals surface area (Å²) in [5, 5.41) is 6.35. The highest BCUT2D eigenvalue weighted by molar-refractivity contribution is 7.99. The topological polar surface area (TPSA) is 42.1 Å². The van der Waals surface area contributed by atoms with E-state index in [1.165, 1.54) is 0 Å². The average Bonchev–Trinajstić information content (AvgIpc) is 3.81. The summed E-state index contributed by atoms with van der Waals surface area (Å²) in [6.45, 7) is 8.60. The number of hydrogen-bond donors (Lipinski definition) is 0.